The van der Waals surface area contributed by atoms with Crippen molar-refractivity contribution in [3.8, 4) is 0 Å². The predicted molar refractivity (Wildman–Crippen MR) is 62.2 cm³/mol. The molecule has 0 spiro atoms. The van der Waals surface area contributed by atoms with Gasteiger partial charge in [-0.1, -0.05) is 30.5 Å². The van der Waals surface area contributed by atoms with Crippen molar-refractivity contribution in [3.63, 3.8) is 0 Å². The van der Waals surface area contributed by atoms with Gasteiger partial charge in [0.25, 0.3) is 0 Å². The molecule has 0 unspecified atom stereocenters. The van der Waals surface area contributed by atoms with Crippen molar-refractivity contribution in [1.29, 1.82) is 0 Å². The average Bonchev–Trinajstić information content (AvgIpc) is 3.02. The van der Waals surface area contributed by atoms with Crippen LogP contribution in [0.2, 0.25) is 0 Å². The van der Waals surface area contributed by atoms with Gasteiger partial charge < -0.3 is 0 Å². The Morgan fingerprint density at radius 3 is 2.73 bits per heavy atom. The third-order valence-corrected chi connectivity index (χ3v) is 3.17. The number of carbonyl (C=O) groups excluding carboxylic acids is 1. The zero-order valence-electron chi connectivity index (χ0n) is 9.55. The SMILES string of the molecule is Cc1ccc(C)c(C(=O)CCC2CC2)c1. The molecule has 0 atom stereocenters. The maximum atomic E-state index is 11.9. The number of ketones is 1. The van der Waals surface area contributed by atoms with Gasteiger partial charge >= 0.3 is 0 Å². The minimum absolute atomic E-state index is 0.322. The van der Waals surface area contributed by atoms with Gasteiger partial charge in [-0.05, 0) is 37.8 Å². The Kier molecular flexibility index (Phi) is 2.90. The predicted octanol–water partition coefficient (Wildman–Crippen LogP) is 3.68. The molecular weight excluding hydrogens is 184 g/mol. The van der Waals surface area contributed by atoms with E-state index in [4.69, 9.17) is 0 Å². The molecule has 1 aromatic rings. The van der Waals surface area contributed by atoms with Crippen molar-refractivity contribution in [1.82, 2.24) is 0 Å². The number of rotatable bonds is 4. The Bertz CT molecular complexity index is 375. The number of benzene rings is 1. The van der Waals surface area contributed by atoms with Crippen molar-refractivity contribution in [2.75, 3.05) is 0 Å². The standard InChI is InChI=1S/C14H18O/c1-10-3-4-11(2)13(9-10)14(15)8-7-12-5-6-12/h3-4,9,12H,5-8H2,1-2H3. The minimum Gasteiger partial charge on any atom is -0.294 e. The summed E-state index contributed by atoms with van der Waals surface area (Å²) in [7, 11) is 0. The second-order valence-corrected chi connectivity index (χ2v) is 4.72. The van der Waals surface area contributed by atoms with E-state index >= 15 is 0 Å². The summed E-state index contributed by atoms with van der Waals surface area (Å²) < 4.78 is 0. The first-order chi connectivity index (χ1) is 7.16. The Balaban J connectivity index is 2.05. The first kappa shape index (κ1) is 10.4. The minimum atomic E-state index is 0.322. The maximum absolute atomic E-state index is 11.9. The van der Waals surface area contributed by atoms with Crippen LogP contribution in [0, 0.1) is 19.8 Å². The lowest BCUT2D eigenvalue weighted by atomic mass is 9.98. The van der Waals surface area contributed by atoms with E-state index < -0.39 is 0 Å². The topological polar surface area (TPSA) is 17.1 Å². The number of Topliss-reactive ketones (excluding diaryl/α,β-unsaturated/α-hetero) is 1. The van der Waals surface area contributed by atoms with Gasteiger partial charge in [0.2, 0.25) is 0 Å². The van der Waals surface area contributed by atoms with Gasteiger partial charge in [0.1, 0.15) is 0 Å². The number of hydrogen-bond donors (Lipinski definition) is 0. The van der Waals surface area contributed by atoms with Gasteiger partial charge in [-0.25, -0.2) is 0 Å². The molecule has 1 aliphatic carbocycles. The molecule has 0 amide bonds. The molecule has 1 nitrogen and oxygen atoms in total. The number of carbonyl (C=O) groups is 1. The van der Waals surface area contributed by atoms with E-state index in [2.05, 4.69) is 6.07 Å². The van der Waals surface area contributed by atoms with Crippen LogP contribution in [0.1, 0.15) is 47.2 Å². The normalized spacial score (nSPS) is 15.3. The molecule has 1 fully saturated rings. The van der Waals surface area contributed by atoms with E-state index in [1.54, 1.807) is 0 Å². The highest BCUT2D eigenvalue weighted by atomic mass is 16.1. The molecule has 1 saturated carbocycles. The molecule has 1 aliphatic rings. The molecule has 0 bridgehead atoms. The zero-order chi connectivity index (χ0) is 10.8. The quantitative estimate of drug-likeness (QED) is 0.681. The second kappa shape index (κ2) is 4.18. The zero-order valence-corrected chi connectivity index (χ0v) is 9.55. The van der Waals surface area contributed by atoms with E-state index in [-0.39, 0.29) is 0 Å². The summed E-state index contributed by atoms with van der Waals surface area (Å²) in [5.74, 6) is 1.17. The van der Waals surface area contributed by atoms with Gasteiger partial charge in [-0.2, -0.15) is 0 Å². The monoisotopic (exact) mass is 202 g/mol. The Morgan fingerprint density at radius 2 is 2.07 bits per heavy atom. The fourth-order valence-electron chi connectivity index (χ4n) is 1.91. The van der Waals surface area contributed by atoms with E-state index in [0.29, 0.717) is 5.78 Å². The highest BCUT2D eigenvalue weighted by molar-refractivity contribution is 5.97. The summed E-state index contributed by atoms with van der Waals surface area (Å²) in [6.07, 6.45) is 4.49. The molecule has 0 N–H and O–H groups in total. The van der Waals surface area contributed by atoms with Crippen molar-refractivity contribution in [2.45, 2.75) is 39.5 Å². The van der Waals surface area contributed by atoms with Gasteiger partial charge in [-0.15, -0.1) is 0 Å². The first-order valence-corrected chi connectivity index (χ1v) is 5.77. The van der Waals surface area contributed by atoms with E-state index in [9.17, 15) is 4.79 Å². The van der Waals surface area contributed by atoms with Crippen molar-refractivity contribution < 1.29 is 4.79 Å². The first-order valence-electron chi connectivity index (χ1n) is 5.77. The molecular formula is C14H18O. The van der Waals surface area contributed by atoms with Crippen molar-refractivity contribution in [3.05, 3.63) is 34.9 Å². The molecule has 0 saturated heterocycles. The van der Waals surface area contributed by atoms with E-state index in [1.807, 2.05) is 26.0 Å². The van der Waals surface area contributed by atoms with E-state index in [1.165, 1.54) is 18.4 Å². The molecule has 0 radical (unpaired) electrons. The van der Waals surface area contributed by atoms with Crippen molar-refractivity contribution in [2.24, 2.45) is 5.92 Å². The van der Waals surface area contributed by atoms with E-state index in [0.717, 1.165) is 29.9 Å². The van der Waals surface area contributed by atoms with Crippen LogP contribution in [0.5, 0.6) is 0 Å². The molecule has 2 rings (SSSR count). The van der Waals surface area contributed by atoms with Crippen molar-refractivity contribution >= 4 is 5.78 Å². The van der Waals surface area contributed by atoms with Crippen LogP contribution < -0.4 is 0 Å². The summed E-state index contributed by atoms with van der Waals surface area (Å²) in [4.78, 5) is 11.9. The van der Waals surface area contributed by atoms with Gasteiger partial charge in [0.05, 0.1) is 0 Å². The van der Waals surface area contributed by atoms with Gasteiger partial charge in [0, 0.05) is 12.0 Å². The number of aryl methyl sites for hydroxylation is 2. The van der Waals surface area contributed by atoms with Crippen LogP contribution in [0.25, 0.3) is 0 Å². The van der Waals surface area contributed by atoms with Crippen LogP contribution in [-0.4, -0.2) is 5.78 Å². The Morgan fingerprint density at radius 1 is 1.33 bits per heavy atom. The fraction of sp³-hybridized carbons (Fsp3) is 0.500. The molecule has 0 heterocycles. The third kappa shape index (κ3) is 2.68. The summed E-state index contributed by atoms with van der Waals surface area (Å²) in [5, 5.41) is 0. The largest absolute Gasteiger partial charge is 0.294 e. The lowest BCUT2D eigenvalue weighted by Gasteiger charge is -2.05. The van der Waals surface area contributed by atoms with Crippen LogP contribution in [0.3, 0.4) is 0 Å². The summed E-state index contributed by atoms with van der Waals surface area (Å²) in [6, 6.07) is 6.12. The lowest BCUT2D eigenvalue weighted by molar-refractivity contribution is 0.0977. The Hall–Kier alpha value is -1.11. The molecule has 80 valence electrons. The fourth-order valence-corrected chi connectivity index (χ4v) is 1.91. The van der Waals surface area contributed by atoms with Gasteiger partial charge in [0.15, 0.2) is 5.78 Å². The number of hydrogen-bond acceptors (Lipinski definition) is 1. The highest BCUT2D eigenvalue weighted by Gasteiger charge is 2.22. The lowest BCUT2D eigenvalue weighted by Crippen LogP contribution is -2.02. The molecule has 1 heteroatoms. The third-order valence-electron chi connectivity index (χ3n) is 3.17. The summed E-state index contributed by atoms with van der Waals surface area (Å²) in [5.41, 5.74) is 3.22. The van der Waals surface area contributed by atoms with Crippen LogP contribution >= 0.6 is 0 Å². The van der Waals surface area contributed by atoms with Crippen LogP contribution in [-0.2, 0) is 0 Å². The second-order valence-electron chi connectivity index (χ2n) is 4.72. The Labute approximate surface area is 91.5 Å². The highest BCUT2D eigenvalue weighted by Crippen LogP contribution is 2.34. The summed E-state index contributed by atoms with van der Waals surface area (Å²) in [6.45, 7) is 4.06. The summed E-state index contributed by atoms with van der Waals surface area (Å²) >= 11 is 0. The average molecular weight is 202 g/mol. The van der Waals surface area contributed by atoms with Crippen LogP contribution in [0.4, 0.5) is 0 Å². The molecule has 1 aromatic carbocycles. The van der Waals surface area contributed by atoms with Gasteiger partial charge in [-0.3, -0.25) is 4.79 Å². The molecule has 15 heavy (non-hydrogen) atoms. The van der Waals surface area contributed by atoms with Crippen LogP contribution in [0.15, 0.2) is 18.2 Å². The smallest absolute Gasteiger partial charge is 0.163 e. The molecule has 0 aromatic heterocycles. The maximum Gasteiger partial charge on any atom is 0.163 e. The molecule has 0 aliphatic heterocycles.